The largest absolute Gasteiger partial charge is 0.462 e. The lowest BCUT2D eigenvalue weighted by Crippen LogP contribution is -2.30. The van der Waals surface area contributed by atoms with Crippen LogP contribution in [0.25, 0.3) is 0 Å². The van der Waals surface area contributed by atoms with E-state index in [1.807, 2.05) is 0 Å². The number of hydrogen-bond donors (Lipinski definition) is 0. The van der Waals surface area contributed by atoms with E-state index in [0.29, 0.717) is 19.3 Å². The molecule has 6 nitrogen and oxygen atoms in total. The molecule has 0 saturated carbocycles. The highest BCUT2D eigenvalue weighted by atomic mass is 16.6. The van der Waals surface area contributed by atoms with Gasteiger partial charge < -0.3 is 14.2 Å². The molecule has 0 bridgehead atoms. The summed E-state index contributed by atoms with van der Waals surface area (Å²) >= 11 is 0. The maximum Gasteiger partial charge on any atom is 0.306 e. The molecule has 0 N–H and O–H groups in total. The van der Waals surface area contributed by atoms with E-state index in [2.05, 4.69) is 41.5 Å². The predicted octanol–water partition coefficient (Wildman–Crippen LogP) is 16.0. The molecule has 0 fully saturated rings. The summed E-state index contributed by atoms with van der Waals surface area (Å²) in [4.78, 5) is 37.9. The Morgan fingerprint density at radius 3 is 0.912 bits per heavy atom. The maximum absolute atomic E-state index is 12.8. The van der Waals surface area contributed by atoms with E-state index in [1.54, 1.807) is 0 Å². The van der Waals surface area contributed by atoms with Gasteiger partial charge >= 0.3 is 17.9 Å². The quantitative estimate of drug-likeness (QED) is 0.0347. The van der Waals surface area contributed by atoms with Crippen LogP contribution in [0.2, 0.25) is 0 Å². The third-order valence-electron chi connectivity index (χ3n) is 11.8. The van der Waals surface area contributed by atoms with Gasteiger partial charge in [0.1, 0.15) is 13.2 Å². The smallest absolute Gasteiger partial charge is 0.306 e. The van der Waals surface area contributed by atoms with Crippen LogP contribution in [-0.2, 0) is 28.6 Å². The van der Waals surface area contributed by atoms with Crippen LogP contribution in [0.4, 0.5) is 0 Å². The Bertz CT molecular complexity index is 885. The summed E-state index contributed by atoms with van der Waals surface area (Å²) in [6.45, 7) is 13.7. The van der Waals surface area contributed by atoms with Gasteiger partial charge in [-0.05, 0) is 37.0 Å². The molecule has 0 rings (SSSR count). The van der Waals surface area contributed by atoms with Crippen LogP contribution in [0.15, 0.2) is 0 Å². The number of carbonyl (C=O) groups is 3. The SMILES string of the molecule is CCC(C)CCCCCCCCCCCCC(=O)OC[C@H](COC(=O)CCCCCCCCCCCCC(C)C)OC(=O)CCCCCCCCCCCC(C)C. The fraction of sp³-hybridized carbons (Fsp3) is 0.941. The van der Waals surface area contributed by atoms with Gasteiger partial charge in [-0.25, -0.2) is 0 Å². The van der Waals surface area contributed by atoms with Gasteiger partial charge in [0.05, 0.1) is 0 Å². The van der Waals surface area contributed by atoms with Crippen LogP contribution < -0.4 is 0 Å². The minimum atomic E-state index is -0.762. The molecule has 0 aromatic heterocycles. The first-order valence-corrected chi connectivity index (χ1v) is 25.1. The van der Waals surface area contributed by atoms with E-state index in [1.165, 1.54) is 154 Å². The molecule has 0 heterocycles. The van der Waals surface area contributed by atoms with Crippen LogP contribution in [0.3, 0.4) is 0 Å². The Morgan fingerprint density at radius 2 is 0.614 bits per heavy atom. The van der Waals surface area contributed by atoms with Crippen LogP contribution in [0.5, 0.6) is 0 Å². The highest BCUT2D eigenvalue weighted by molar-refractivity contribution is 5.71. The minimum Gasteiger partial charge on any atom is -0.462 e. The molecule has 0 aliphatic heterocycles. The van der Waals surface area contributed by atoms with Crippen molar-refractivity contribution in [3.8, 4) is 0 Å². The first-order valence-electron chi connectivity index (χ1n) is 25.1. The molecule has 2 atom stereocenters. The Balaban J connectivity index is 4.34. The average Bonchev–Trinajstić information content (AvgIpc) is 3.18. The topological polar surface area (TPSA) is 78.9 Å². The van der Waals surface area contributed by atoms with Crippen molar-refractivity contribution in [1.82, 2.24) is 0 Å². The van der Waals surface area contributed by atoms with Gasteiger partial charge in [0.25, 0.3) is 0 Å². The lowest BCUT2D eigenvalue weighted by atomic mass is 9.99. The summed E-state index contributed by atoms with van der Waals surface area (Å²) in [6, 6.07) is 0. The van der Waals surface area contributed by atoms with Gasteiger partial charge in [0.15, 0.2) is 6.10 Å². The van der Waals surface area contributed by atoms with Crippen molar-refractivity contribution in [2.45, 2.75) is 279 Å². The van der Waals surface area contributed by atoms with Gasteiger partial charge in [0.2, 0.25) is 0 Å². The lowest BCUT2D eigenvalue weighted by Gasteiger charge is -2.18. The van der Waals surface area contributed by atoms with Gasteiger partial charge in [0, 0.05) is 19.3 Å². The van der Waals surface area contributed by atoms with E-state index in [4.69, 9.17) is 14.2 Å². The van der Waals surface area contributed by atoms with Gasteiger partial charge in [-0.3, -0.25) is 14.4 Å². The van der Waals surface area contributed by atoms with Crippen molar-refractivity contribution in [3.05, 3.63) is 0 Å². The molecule has 0 aliphatic carbocycles. The second-order valence-corrected chi connectivity index (χ2v) is 18.6. The van der Waals surface area contributed by atoms with Crippen molar-refractivity contribution in [2.75, 3.05) is 13.2 Å². The second kappa shape index (κ2) is 42.5. The van der Waals surface area contributed by atoms with Crippen molar-refractivity contribution >= 4 is 17.9 Å². The van der Waals surface area contributed by atoms with Crippen molar-refractivity contribution in [2.24, 2.45) is 17.8 Å². The van der Waals surface area contributed by atoms with E-state index >= 15 is 0 Å². The van der Waals surface area contributed by atoms with Crippen LogP contribution in [-0.4, -0.2) is 37.2 Å². The predicted molar refractivity (Wildman–Crippen MR) is 243 cm³/mol. The van der Waals surface area contributed by atoms with E-state index in [-0.39, 0.29) is 31.1 Å². The monoisotopic (exact) mass is 807 g/mol. The first-order chi connectivity index (χ1) is 27.6. The highest BCUT2D eigenvalue weighted by Crippen LogP contribution is 2.18. The number of carbonyl (C=O) groups excluding carboxylic acids is 3. The van der Waals surface area contributed by atoms with E-state index < -0.39 is 6.10 Å². The average molecular weight is 807 g/mol. The normalized spacial score (nSPS) is 12.6. The lowest BCUT2D eigenvalue weighted by molar-refractivity contribution is -0.167. The zero-order chi connectivity index (χ0) is 42.0. The Hall–Kier alpha value is -1.59. The number of rotatable bonds is 44. The number of ether oxygens (including phenoxy) is 3. The molecule has 6 heteroatoms. The van der Waals surface area contributed by atoms with Crippen molar-refractivity contribution in [1.29, 1.82) is 0 Å². The van der Waals surface area contributed by atoms with Crippen molar-refractivity contribution < 1.29 is 28.6 Å². The Kier molecular flexibility index (Phi) is 41.3. The summed E-state index contributed by atoms with van der Waals surface area (Å²) in [5, 5.41) is 0. The summed E-state index contributed by atoms with van der Waals surface area (Å²) in [7, 11) is 0. The third-order valence-corrected chi connectivity index (χ3v) is 11.8. The van der Waals surface area contributed by atoms with Crippen molar-refractivity contribution in [3.63, 3.8) is 0 Å². The fourth-order valence-electron chi connectivity index (χ4n) is 7.55. The molecule has 0 aromatic carbocycles. The van der Waals surface area contributed by atoms with E-state index in [9.17, 15) is 14.4 Å². The molecular formula is C51H98O6. The zero-order valence-electron chi connectivity index (χ0n) is 39.1. The summed E-state index contributed by atoms with van der Waals surface area (Å²) < 4.78 is 16.8. The molecule has 0 aromatic rings. The molecule has 0 aliphatic rings. The second-order valence-electron chi connectivity index (χ2n) is 18.6. The summed E-state index contributed by atoms with van der Waals surface area (Å²) in [5.74, 6) is 1.64. The zero-order valence-corrected chi connectivity index (χ0v) is 39.1. The highest BCUT2D eigenvalue weighted by Gasteiger charge is 2.19. The Morgan fingerprint density at radius 1 is 0.351 bits per heavy atom. The van der Waals surface area contributed by atoms with Gasteiger partial charge in [-0.2, -0.15) is 0 Å². The van der Waals surface area contributed by atoms with Crippen LogP contribution in [0, 0.1) is 17.8 Å². The number of hydrogen-bond acceptors (Lipinski definition) is 6. The molecule has 0 radical (unpaired) electrons. The first kappa shape index (κ1) is 55.4. The molecule has 57 heavy (non-hydrogen) atoms. The Labute approximate surface area is 355 Å². The molecule has 0 saturated heterocycles. The molecule has 0 spiro atoms. The molecule has 0 amide bonds. The third kappa shape index (κ3) is 43.8. The summed E-state index contributed by atoms with van der Waals surface area (Å²) in [6.07, 6.45) is 40.8. The van der Waals surface area contributed by atoms with Gasteiger partial charge in [-0.15, -0.1) is 0 Å². The fourth-order valence-corrected chi connectivity index (χ4v) is 7.55. The maximum atomic E-state index is 12.8. The molecule has 338 valence electrons. The van der Waals surface area contributed by atoms with Crippen LogP contribution in [0.1, 0.15) is 273 Å². The number of unbranched alkanes of at least 4 members (excludes halogenated alkanes) is 26. The molecular weight excluding hydrogens is 709 g/mol. The van der Waals surface area contributed by atoms with Gasteiger partial charge in [-0.1, -0.05) is 234 Å². The van der Waals surface area contributed by atoms with Crippen LogP contribution >= 0.6 is 0 Å². The summed E-state index contributed by atoms with van der Waals surface area (Å²) in [5.41, 5.74) is 0. The minimum absolute atomic E-state index is 0.0654. The standard InChI is InChI=1S/C51H98O6/c1-7-47(6)39-33-27-21-15-9-11-17-23-29-35-41-50(53)56-44-48(57-51(54)42-36-30-24-18-12-14-20-26-32-38-46(4)5)43-55-49(52)40-34-28-22-16-10-8-13-19-25-31-37-45(2)3/h45-48H,7-44H2,1-6H3/t47?,48-/m0/s1. The number of esters is 3. The van der Waals surface area contributed by atoms with E-state index in [0.717, 1.165) is 75.5 Å². The molecule has 1 unspecified atom stereocenters.